The summed E-state index contributed by atoms with van der Waals surface area (Å²) < 4.78 is 19.6. The number of halogens is 1. The van der Waals surface area contributed by atoms with Gasteiger partial charge in [0.25, 0.3) is 0 Å². The average molecular weight is 367 g/mol. The lowest BCUT2D eigenvalue weighted by Crippen LogP contribution is -2.43. The average Bonchev–Trinajstić information content (AvgIpc) is 2.92. The molecule has 0 bridgehead atoms. The molecular weight excluding hydrogens is 345 g/mol. The van der Waals surface area contributed by atoms with Crippen molar-refractivity contribution in [2.75, 3.05) is 11.6 Å². The summed E-state index contributed by atoms with van der Waals surface area (Å²) in [6.45, 7) is 6.03. The first-order valence-corrected chi connectivity index (χ1v) is 8.81. The summed E-state index contributed by atoms with van der Waals surface area (Å²) in [5.41, 5.74) is -0.248. The van der Waals surface area contributed by atoms with Gasteiger partial charge in [-0.2, -0.15) is 0 Å². The van der Waals surface area contributed by atoms with Gasteiger partial charge in [0.15, 0.2) is 5.82 Å². The summed E-state index contributed by atoms with van der Waals surface area (Å²) in [6, 6.07) is 5.64. The zero-order chi connectivity index (χ0) is 18.4. The van der Waals surface area contributed by atoms with Crippen molar-refractivity contribution < 1.29 is 13.9 Å². The molecule has 3 N–H and O–H groups in total. The standard InChI is InChI=1S/C16H22FN5O2S/c1-4-16(2,3)19-14(23)10-25-15-21-20-13(22(15)18)9-24-12-7-5-11(17)6-8-12/h5-8H,4,9-10,18H2,1-3H3,(H,19,23). The number of ether oxygens (including phenoxy) is 1. The van der Waals surface area contributed by atoms with Crippen LogP contribution in [0.4, 0.5) is 4.39 Å². The van der Waals surface area contributed by atoms with Gasteiger partial charge in [-0.3, -0.25) is 4.79 Å². The highest BCUT2D eigenvalue weighted by Gasteiger charge is 2.19. The van der Waals surface area contributed by atoms with Gasteiger partial charge in [-0.1, -0.05) is 18.7 Å². The van der Waals surface area contributed by atoms with Crippen LogP contribution in [0.2, 0.25) is 0 Å². The Morgan fingerprint density at radius 2 is 2.04 bits per heavy atom. The molecule has 0 unspecified atom stereocenters. The number of rotatable bonds is 8. The van der Waals surface area contributed by atoms with Gasteiger partial charge >= 0.3 is 0 Å². The van der Waals surface area contributed by atoms with Gasteiger partial charge in [0.1, 0.15) is 18.2 Å². The fourth-order valence-electron chi connectivity index (χ4n) is 1.81. The summed E-state index contributed by atoms with van der Waals surface area (Å²) in [5, 5.41) is 11.3. The number of carbonyl (C=O) groups is 1. The minimum Gasteiger partial charge on any atom is -0.486 e. The molecule has 0 saturated carbocycles. The lowest BCUT2D eigenvalue weighted by atomic mass is 10.0. The molecule has 1 heterocycles. The van der Waals surface area contributed by atoms with Crippen molar-refractivity contribution in [3.05, 3.63) is 35.9 Å². The molecule has 0 aliphatic heterocycles. The van der Waals surface area contributed by atoms with Crippen LogP contribution in [0, 0.1) is 5.82 Å². The predicted octanol–water partition coefficient (Wildman–Crippen LogP) is 2.11. The van der Waals surface area contributed by atoms with Crippen LogP contribution in [0.25, 0.3) is 0 Å². The van der Waals surface area contributed by atoms with Crippen molar-refractivity contribution in [2.24, 2.45) is 0 Å². The van der Waals surface area contributed by atoms with E-state index in [9.17, 15) is 9.18 Å². The Bertz CT molecular complexity index is 718. The van der Waals surface area contributed by atoms with Gasteiger partial charge in [0.05, 0.1) is 5.75 Å². The second kappa shape index (κ2) is 8.19. The second-order valence-electron chi connectivity index (χ2n) is 6.09. The van der Waals surface area contributed by atoms with Crippen molar-refractivity contribution in [1.82, 2.24) is 20.2 Å². The first-order valence-electron chi connectivity index (χ1n) is 7.82. The summed E-state index contributed by atoms with van der Waals surface area (Å²) in [7, 11) is 0. The number of amides is 1. The van der Waals surface area contributed by atoms with Crippen LogP contribution in [-0.2, 0) is 11.4 Å². The first-order chi connectivity index (χ1) is 11.8. The van der Waals surface area contributed by atoms with E-state index >= 15 is 0 Å². The van der Waals surface area contributed by atoms with Crippen molar-refractivity contribution in [2.45, 2.75) is 44.5 Å². The fourth-order valence-corrected chi connectivity index (χ4v) is 2.49. The van der Waals surface area contributed by atoms with Gasteiger partial charge in [0, 0.05) is 5.54 Å². The van der Waals surface area contributed by atoms with E-state index in [0.29, 0.717) is 16.7 Å². The Labute approximate surface area is 150 Å². The maximum atomic E-state index is 12.9. The normalized spacial score (nSPS) is 11.4. The molecule has 0 fully saturated rings. The van der Waals surface area contributed by atoms with Crippen LogP contribution < -0.4 is 15.9 Å². The van der Waals surface area contributed by atoms with Crippen molar-refractivity contribution >= 4 is 17.7 Å². The van der Waals surface area contributed by atoms with Crippen molar-refractivity contribution in [3.63, 3.8) is 0 Å². The molecule has 0 radical (unpaired) electrons. The summed E-state index contributed by atoms with van der Waals surface area (Å²) in [5.74, 6) is 6.60. The Morgan fingerprint density at radius 1 is 1.36 bits per heavy atom. The zero-order valence-corrected chi connectivity index (χ0v) is 15.3. The third-order valence-corrected chi connectivity index (χ3v) is 4.55. The highest BCUT2D eigenvalue weighted by Crippen LogP contribution is 2.17. The molecule has 1 aromatic carbocycles. The SMILES string of the molecule is CCC(C)(C)NC(=O)CSc1nnc(COc2ccc(F)cc2)n1N. The van der Waals surface area contributed by atoms with E-state index in [-0.39, 0.29) is 29.6 Å². The largest absolute Gasteiger partial charge is 0.486 e. The molecule has 1 aromatic heterocycles. The predicted molar refractivity (Wildman–Crippen MR) is 94.1 cm³/mol. The van der Waals surface area contributed by atoms with Crippen LogP contribution in [0.3, 0.4) is 0 Å². The Hall–Kier alpha value is -2.29. The van der Waals surface area contributed by atoms with Crippen LogP contribution in [0.5, 0.6) is 5.75 Å². The number of thioether (sulfide) groups is 1. The van der Waals surface area contributed by atoms with Crippen LogP contribution in [0.1, 0.15) is 33.0 Å². The Balaban J connectivity index is 1.87. The minimum absolute atomic E-state index is 0.0881. The first kappa shape index (κ1) is 19.0. The van der Waals surface area contributed by atoms with Gasteiger partial charge in [-0.25, -0.2) is 9.07 Å². The number of nitrogen functional groups attached to an aromatic ring is 1. The number of nitrogens with two attached hydrogens (primary N) is 1. The fraction of sp³-hybridized carbons (Fsp3) is 0.438. The van der Waals surface area contributed by atoms with E-state index in [4.69, 9.17) is 10.6 Å². The topological polar surface area (TPSA) is 95.1 Å². The maximum Gasteiger partial charge on any atom is 0.230 e. The summed E-state index contributed by atoms with van der Waals surface area (Å²) in [4.78, 5) is 12.0. The quantitative estimate of drug-likeness (QED) is 0.548. The molecule has 1 amide bonds. The number of benzene rings is 1. The van der Waals surface area contributed by atoms with E-state index in [1.807, 2.05) is 20.8 Å². The van der Waals surface area contributed by atoms with Crippen molar-refractivity contribution in [1.29, 1.82) is 0 Å². The number of hydrogen-bond acceptors (Lipinski definition) is 6. The number of nitrogens with zero attached hydrogens (tertiary/aromatic N) is 3. The van der Waals surface area contributed by atoms with Gasteiger partial charge in [-0.05, 0) is 44.5 Å². The van der Waals surface area contributed by atoms with Gasteiger partial charge in [0.2, 0.25) is 11.1 Å². The van der Waals surface area contributed by atoms with E-state index in [1.54, 1.807) is 0 Å². The Kier molecular flexibility index (Phi) is 6.24. The van der Waals surface area contributed by atoms with Crippen LogP contribution in [-0.4, -0.2) is 32.1 Å². The molecule has 136 valence electrons. The molecule has 0 atom stereocenters. The maximum absolute atomic E-state index is 12.9. The number of nitrogens with one attached hydrogen (secondary N) is 1. The molecule has 2 rings (SSSR count). The molecule has 25 heavy (non-hydrogen) atoms. The monoisotopic (exact) mass is 367 g/mol. The molecular formula is C16H22FN5O2S. The highest BCUT2D eigenvalue weighted by molar-refractivity contribution is 7.99. The van der Waals surface area contributed by atoms with Gasteiger partial charge < -0.3 is 15.9 Å². The Morgan fingerprint density at radius 3 is 2.68 bits per heavy atom. The van der Waals surface area contributed by atoms with E-state index < -0.39 is 0 Å². The summed E-state index contributed by atoms with van der Waals surface area (Å²) in [6.07, 6.45) is 0.835. The molecule has 0 aliphatic carbocycles. The van der Waals surface area contributed by atoms with E-state index in [1.165, 1.54) is 40.7 Å². The molecule has 7 nitrogen and oxygen atoms in total. The molecule has 2 aromatic rings. The third kappa shape index (κ3) is 5.63. The van der Waals surface area contributed by atoms with E-state index in [0.717, 1.165) is 6.42 Å². The van der Waals surface area contributed by atoms with Crippen molar-refractivity contribution in [3.8, 4) is 5.75 Å². The second-order valence-corrected chi connectivity index (χ2v) is 7.03. The zero-order valence-electron chi connectivity index (χ0n) is 14.5. The highest BCUT2D eigenvalue weighted by atomic mass is 32.2. The van der Waals surface area contributed by atoms with Gasteiger partial charge in [-0.15, -0.1) is 10.2 Å². The number of hydrogen-bond donors (Lipinski definition) is 2. The molecule has 0 aliphatic rings. The number of aromatic nitrogens is 3. The lowest BCUT2D eigenvalue weighted by Gasteiger charge is -2.24. The third-order valence-electron chi connectivity index (χ3n) is 3.61. The molecule has 9 heteroatoms. The minimum atomic E-state index is -0.336. The van der Waals surface area contributed by atoms with E-state index in [2.05, 4.69) is 15.5 Å². The smallest absolute Gasteiger partial charge is 0.230 e. The van der Waals surface area contributed by atoms with Crippen LogP contribution in [0.15, 0.2) is 29.4 Å². The van der Waals surface area contributed by atoms with Crippen LogP contribution >= 0.6 is 11.8 Å². The summed E-state index contributed by atoms with van der Waals surface area (Å²) >= 11 is 1.20. The number of carbonyl (C=O) groups excluding carboxylic acids is 1. The lowest BCUT2D eigenvalue weighted by molar-refractivity contribution is -0.120. The molecule has 0 spiro atoms. The molecule has 0 saturated heterocycles.